The van der Waals surface area contributed by atoms with Gasteiger partial charge in [0.2, 0.25) is 5.13 Å². The lowest BCUT2D eigenvalue weighted by Gasteiger charge is -2.13. The lowest BCUT2D eigenvalue weighted by molar-refractivity contribution is 0.377. The van der Waals surface area contributed by atoms with E-state index in [0.29, 0.717) is 5.03 Å². The second kappa shape index (κ2) is 2.27. The van der Waals surface area contributed by atoms with Crippen LogP contribution in [0.2, 0.25) is 0 Å². The predicted molar refractivity (Wildman–Crippen MR) is 36.7 cm³/mol. The van der Waals surface area contributed by atoms with E-state index in [1.54, 1.807) is 0 Å². The molecule has 0 aromatic rings. The number of halogens is 3. The molecule has 0 N–H and O–H groups in total. The lowest BCUT2D eigenvalue weighted by Crippen LogP contribution is -2.17. The van der Waals surface area contributed by atoms with Gasteiger partial charge in [-0.2, -0.15) is 0 Å². The third-order valence-corrected chi connectivity index (χ3v) is 1.35. The normalized spacial score (nSPS) is 34.3. The highest BCUT2D eigenvalue weighted by Crippen LogP contribution is 2.28. The van der Waals surface area contributed by atoms with Gasteiger partial charge in [-0.25, -0.2) is 4.39 Å². The first-order valence-corrected chi connectivity index (χ1v) is 3.12. The fourth-order valence-electron chi connectivity index (χ4n) is 0.544. The Labute approximate surface area is 62.2 Å². The van der Waals surface area contributed by atoms with Crippen molar-refractivity contribution >= 4 is 29.4 Å². The molecule has 0 radical (unpaired) electrons. The Hall–Kier alpha value is -0.0800. The summed E-state index contributed by atoms with van der Waals surface area (Å²) in [5, 5.41) is -1.53. The van der Waals surface area contributed by atoms with Crippen LogP contribution < -0.4 is 0 Å². The van der Waals surface area contributed by atoms with Gasteiger partial charge in [-0.1, -0.05) is 23.2 Å². The number of hydrogen-bond acceptors (Lipinski definition) is 1. The third-order valence-electron chi connectivity index (χ3n) is 0.883. The molecule has 0 aromatic carbocycles. The summed E-state index contributed by atoms with van der Waals surface area (Å²) in [5.41, 5.74) is 0. The van der Waals surface area contributed by atoms with Crippen molar-refractivity contribution in [1.82, 2.24) is 0 Å². The Morgan fingerprint density at radius 3 is 2.78 bits per heavy atom. The molecule has 50 valence electrons. The largest absolute Gasteiger partial charge is 0.263 e. The molecule has 0 saturated carbocycles. The zero-order chi connectivity index (χ0) is 6.91. The SMILES string of the molecule is FC1(Cl)C=NC=C(Cl)C1. The quantitative estimate of drug-likeness (QED) is 0.492. The first-order valence-electron chi connectivity index (χ1n) is 2.37. The average Bonchev–Trinajstić information content (AvgIpc) is 1.60. The number of nitrogens with zero attached hydrogens (tertiary/aromatic N) is 1. The molecular formula is C5H4Cl2FN. The number of alkyl halides is 2. The van der Waals surface area contributed by atoms with Crippen LogP contribution in [0.5, 0.6) is 0 Å². The summed E-state index contributed by atoms with van der Waals surface area (Å²) in [7, 11) is 0. The zero-order valence-electron chi connectivity index (χ0n) is 4.44. The number of rotatable bonds is 0. The number of hydrogen-bond donors (Lipinski definition) is 0. The van der Waals surface area contributed by atoms with Crippen LogP contribution in [0.1, 0.15) is 6.42 Å². The second-order valence-electron chi connectivity index (χ2n) is 1.79. The summed E-state index contributed by atoms with van der Waals surface area (Å²) in [6, 6.07) is 0. The minimum Gasteiger partial charge on any atom is -0.263 e. The van der Waals surface area contributed by atoms with E-state index >= 15 is 0 Å². The molecule has 1 aliphatic heterocycles. The molecule has 0 aromatic heterocycles. The van der Waals surface area contributed by atoms with E-state index in [-0.39, 0.29) is 6.42 Å². The van der Waals surface area contributed by atoms with Crippen LogP contribution in [-0.2, 0) is 0 Å². The summed E-state index contributed by atoms with van der Waals surface area (Å²) in [6.07, 6.45) is 2.42. The highest BCUT2D eigenvalue weighted by atomic mass is 35.5. The van der Waals surface area contributed by atoms with Crippen LogP contribution in [0.15, 0.2) is 16.2 Å². The molecule has 0 fully saturated rings. The Kier molecular flexibility index (Phi) is 1.78. The molecule has 1 rings (SSSR count). The first-order chi connectivity index (χ1) is 4.10. The minimum atomic E-state index is -1.87. The molecule has 0 amide bonds. The molecule has 9 heavy (non-hydrogen) atoms. The van der Waals surface area contributed by atoms with Gasteiger partial charge in [-0.3, -0.25) is 4.99 Å². The molecule has 4 heteroatoms. The molecular weight excluding hydrogens is 164 g/mol. The molecule has 0 aliphatic carbocycles. The van der Waals surface area contributed by atoms with Gasteiger partial charge in [0.1, 0.15) is 0 Å². The minimum absolute atomic E-state index is 0.0135. The lowest BCUT2D eigenvalue weighted by atomic mass is 10.2. The second-order valence-corrected chi connectivity index (χ2v) is 2.91. The molecule has 0 saturated heterocycles. The topological polar surface area (TPSA) is 12.4 Å². The maximum atomic E-state index is 12.6. The van der Waals surface area contributed by atoms with E-state index in [0.717, 1.165) is 6.21 Å². The fourth-order valence-corrected chi connectivity index (χ4v) is 1.06. The summed E-state index contributed by atoms with van der Waals surface area (Å²) in [6.45, 7) is 0. The first kappa shape index (κ1) is 7.03. The van der Waals surface area contributed by atoms with Crippen molar-refractivity contribution in [3.8, 4) is 0 Å². The molecule has 1 heterocycles. The molecule has 1 unspecified atom stereocenters. The monoisotopic (exact) mass is 167 g/mol. The van der Waals surface area contributed by atoms with Gasteiger partial charge in [-0.15, -0.1) is 0 Å². The maximum absolute atomic E-state index is 12.6. The van der Waals surface area contributed by atoms with Gasteiger partial charge < -0.3 is 0 Å². The van der Waals surface area contributed by atoms with Crippen molar-refractivity contribution in [1.29, 1.82) is 0 Å². The zero-order valence-corrected chi connectivity index (χ0v) is 5.95. The van der Waals surface area contributed by atoms with Crippen molar-refractivity contribution in [3.05, 3.63) is 11.2 Å². The van der Waals surface area contributed by atoms with Gasteiger partial charge in [0.05, 0.1) is 6.21 Å². The molecule has 1 atom stereocenters. The Balaban J connectivity index is 2.73. The number of allylic oxidation sites excluding steroid dienone is 1. The van der Waals surface area contributed by atoms with Crippen LogP contribution in [-0.4, -0.2) is 11.3 Å². The molecule has 0 bridgehead atoms. The molecule has 0 spiro atoms. The van der Waals surface area contributed by atoms with Crippen molar-refractivity contribution in [3.63, 3.8) is 0 Å². The average molecular weight is 168 g/mol. The van der Waals surface area contributed by atoms with Crippen LogP contribution in [0.25, 0.3) is 0 Å². The van der Waals surface area contributed by atoms with Gasteiger partial charge in [0, 0.05) is 17.7 Å². The van der Waals surface area contributed by atoms with Gasteiger partial charge in [0.15, 0.2) is 0 Å². The smallest absolute Gasteiger partial charge is 0.223 e. The molecule has 1 nitrogen and oxygen atoms in total. The molecule has 1 aliphatic rings. The summed E-state index contributed by atoms with van der Waals surface area (Å²) in [5.74, 6) is 0. The fraction of sp³-hybridized carbons (Fsp3) is 0.400. The Bertz CT molecular complexity index is 174. The van der Waals surface area contributed by atoms with Crippen LogP contribution >= 0.6 is 23.2 Å². The van der Waals surface area contributed by atoms with Crippen molar-refractivity contribution in [2.75, 3.05) is 0 Å². The van der Waals surface area contributed by atoms with E-state index in [4.69, 9.17) is 23.2 Å². The van der Waals surface area contributed by atoms with Crippen molar-refractivity contribution < 1.29 is 4.39 Å². The number of aliphatic imine (C=N–C) groups is 1. The predicted octanol–water partition coefficient (Wildman–Crippen LogP) is 2.45. The van der Waals surface area contributed by atoms with Crippen LogP contribution in [0.3, 0.4) is 0 Å². The summed E-state index contributed by atoms with van der Waals surface area (Å²) < 4.78 is 12.6. The third kappa shape index (κ3) is 1.95. The van der Waals surface area contributed by atoms with Gasteiger partial charge in [0.25, 0.3) is 0 Å². The Morgan fingerprint density at radius 1 is 1.78 bits per heavy atom. The van der Waals surface area contributed by atoms with Crippen LogP contribution in [0, 0.1) is 0 Å². The van der Waals surface area contributed by atoms with Gasteiger partial charge >= 0.3 is 0 Å². The highest BCUT2D eigenvalue weighted by Gasteiger charge is 2.26. The van der Waals surface area contributed by atoms with E-state index in [9.17, 15) is 4.39 Å². The van der Waals surface area contributed by atoms with E-state index in [1.165, 1.54) is 6.20 Å². The van der Waals surface area contributed by atoms with E-state index in [2.05, 4.69) is 4.99 Å². The van der Waals surface area contributed by atoms with Gasteiger partial charge in [-0.05, 0) is 0 Å². The Morgan fingerprint density at radius 2 is 2.44 bits per heavy atom. The van der Waals surface area contributed by atoms with Crippen LogP contribution in [0.4, 0.5) is 4.39 Å². The van der Waals surface area contributed by atoms with Crippen molar-refractivity contribution in [2.45, 2.75) is 11.5 Å². The summed E-state index contributed by atoms with van der Waals surface area (Å²) >= 11 is 10.6. The van der Waals surface area contributed by atoms with Crippen molar-refractivity contribution in [2.24, 2.45) is 4.99 Å². The maximum Gasteiger partial charge on any atom is 0.223 e. The van der Waals surface area contributed by atoms with E-state index < -0.39 is 5.13 Å². The standard InChI is InChI=1S/C5H4Cl2FN/c6-4-1-5(7,8)3-9-2-4/h2-3H,1H2. The van der Waals surface area contributed by atoms with E-state index in [1.807, 2.05) is 0 Å². The highest BCUT2D eigenvalue weighted by molar-refractivity contribution is 6.35. The summed E-state index contributed by atoms with van der Waals surface area (Å²) in [4.78, 5) is 3.48.